The molecule has 1 saturated heterocycles. The SMILES string of the molecule is CCNC(=NCCc1cccs1)NCCC(=O)N1CCN(c2ncccn2)CC1. The Labute approximate surface area is 176 Å². The van der Waals surface area contributed by atoms with Gasteiger partial charge in [-0.3, -0.25) is 9.79 Å². The quantitative estimate of drug-likeness (QED) is 0.500. The number of carbonyl (C=O) groups is 1. The van der Waals surface area contributed by atoms with E-state index < -0.39 is 0 Å². The van der Waals surface area contributed by atoms with Gasteiger partial charge in [-0.15, -0.1) is 11.3 Å². The summed E-state index contributed by atoms with van der Waals surface area (Å²) >= 11 is 1.75. The van der Waals surface area contributed by atoms with Crippen LogP contribution in [0.1, 0.15) is 18.2 Å². The van der Waals surface area contributed by atoms with Gasteiger partial charge < -0.3 is 20.4 Å². The van der Waals surface area contributed by atoms with Crippen LogP contribution in [0.25, 0.3) is 0 Å². The van der Waals surface area contributed by atoms with Crippen molar-refractivity contribution in [3.8, 4) is 0 Å². The number of hydrogen-bond acceptors (Lipinski definition) is 6. The lowest BCUT2D eigenvalue weighted by atomic mass is 10.3. The van der Waals surface area contributed by atoms with E-state index in [0.717, 1.165) is 44.5 Å². The second kappa shape index (κ2) is 11.4. The molecule has 1 aliphatic heterocycles. The molecule has 1 fully saturated rings. The van der Waals surface area contributed by atoms with Crippen LogP contribution in [0.15, 0.2) is 41.0 Å². The molecule has 0 aliphatic carbocycles. The van der Waals surface area contributed by atoms with Gasteiger partial charge in [-0.1, -0.05) is 6.07 Å². The number of nitrogens with zero attached hydrogens (tertiary/aromatic N) is 5. The highest BCUT2D eigenvalue weighted by atomic mass is 32.1. The Morgan fingerprint density at radius 1 is 1.17 bits per heavy atom. The number of aromatic nitrogens is 2. The predicted molar refractivity (Wildman–Crippen MR) is 117 cm³/mol. The highest BCUT2D eigenvalue weighted by Crippen LogP contribution is 2.10. The van der Waals surface area contributed by atoms with Crippen molar-refractivity contribution in [3.63, 3.8) is 0 Å². The van der Waals surface area contributed by atoms with Gasteiger partial charge in [0.15, 0.2) is 5.96 Å². The van der Waals surface area contributed by atoms with E-state index in [1.807, 2.05) is 17.9 Å². The summed E-state index contributed by atoms with van der Waals surface area (Å²) in [6, 6.07) is 6.00. The Hall–Kier alpha value is -2.68. The van der Waals surface area contributed by atoms with Gasteiger partial charge in [-0.25, -0.2) is 9.97 Å². The van der Waals surface area contributed by atoms with E-state index in [0.29, 0.717) is 26.1 Å². The topological polar surface area (TPSA) is 85.8 Å². The number of carbonyl (C=O) groups excluding carboxylic acids is 1. The van der Waals surface area contributed by atoms with Crippen molar-refractivity contribution in [2.45, 2.75) is 19.8 Å². The number of anilines is 1. The molecule has 2 aromatic heterocycles. The average molecular weight is 416 g/mol. The maximum Gasteiger partial charge on any atom is 0.225 e. The Morgan fingerprint density at radius 2 is 1.97 bits per heavy atom. The number of rotatable bonds is 8. The maximum absolute atomic E-state index is 12.5. The van der Waals surface area contributed by atoms with E-state index in [-0.39, 0.29) is 5.91 Å². The molecular formula is C20H29N7OS. The lowest BCUT2D eigenvalue weighted by Crippen LogP contribution is -2.50. The fraction of sp³-hybridized carbons (Fsp3) is 0.500. The first-order valence-electron chi connectivity index (χ1n) is 10.1. The number of aliphatic imine (C=N–C) groups is 1. The van der Waals surface area contributed by atoms with E-state index in [4.69, 9.17) is 0 Å². The van der Waals surface area contributed by atoms with Crippen molar-refractivity contribution in [3.05, 3.63) is 40.8 Å². The van der Waals surface area contributed by atoms with Crippen LogP contribution in [0, 0.1) is 0 Å². The molecule has 156 valence electrons. The van der Waals surface area contributed by atoms with Crippen LogP contribution in [0.4, 0.5) is 5.95 Å². The van der Waals surface area contributed by atoms with Crippen LogP contribution in [-0.4, -0.2) is 72.5 Å². The van der Waals surface area contributed by atoms with E-state index in [1.165, 1.54) is 4.88 Å². The first-order valence-corrected chi connectivity index (χ1v) is 11.0. The van der Waals surface area contributed by atoms with Crippen LogP contribution in [0.5, 0.6) is 0 Å². The average Bonchev–Trinajstić information content (AvgIpc) is 3.28. The number of amides is 1. The fourth-order valence-electron chi connectivity index (χ4n) is 3.13. The lowest BCUT2D eigenvalue weighted by Gasteiger charge is -2.34. The van der Waals surface area contributed by atoms with Gasteiger partial charge in [0.05, 0.1) is 0 Å². The highest BCUT2D eigenvalue weighted by molar-refractivity contribution is 7.09. The summed E-state index contributed by atoms with van der Waals surface area (Å²) in [4.78, 5) is 31.1. The monoisotopic (exact) mass is 415 g/mol. The summed E-state index contributed by atoms with van der Waals surface area (Å²) in [6.45, 7) is 7.06. The zero-order valence-electron chi connectivity index (χ0n) is 16.9. The second-order valence-electron chi connectivity index (χ2n) is 6.68. The van der Waals surface area contributed by atoms with Gasteiger partial charge in [0.2, 0.25) is 11.9 Å². The minimum Gasteiger partial charge on any atom is -0.357 e. The summed E-state index contributed by atoms with van der Waals surface area (Å²) < 4.78 is 0. The number of thiophene rings is 1. The number of nitrogens with one attached hydrogen (secondary N) is 2. The van der Waals surface area contributed by atoms with Crippen LogP contribution >= 0.6 is 11.3 Å². The summed E-state index contributed by atoms with van der Waals surface area (Å²) in [5, 5.41) is 8.59. The molecule has 0 spiro atoms. The molecule has 8 nitrogen and oxygen atoms in total. The molecule has 3 rings (SSSR count). The Bertz CT molecular complexity index is 758. The minimum atomic E-state index is 0.167. The third-order valence-electron chi connectivity index (χ3n) is 4.65. The smallest absolute Gasteiger partial charge is 0.225 e. The molecule has 9 heteroatoms. The number of piperazine rings is 1. The zero-order valence-corrected chi connectivity index (χ0v) is 17.7. The Balaban J connectivity index is 1.37. The van der Waals surface area contributed by atoms with Gasteiger partial charge in [0.25, 0.3) is 0 Å². The predicted octanol–water partition coefficient (Wildman–Crippen LogP) is 1.37. The maximum atomic E-state index is 12.5. The Kier molecular flexibility index (Phi) is 8.24. The third kappa shape index (κ3) is 6.70. The molecule has 0 bridgehead atoms. The molecule has 2 N–H and O–H groups in total. The number of hydrogen-bond donors (Lipinski definition) is 2. The van der Waals surface area contributed by atoms with Crippen LogP contribution in [0.3, 0.4) is 0 Å². The van der Waals surface area contributed by atoms with Crippen LogP contribution in [-0.2, 0) is 11.2 Å². The van der Waals surface area contributed by atoms with E-state index in [9.17, 15) is 4.79 Å². The molecule has 0 unspecified atom stereocenters. The largest absolute Gasteiger partial charge is 0.357 e. The molecule has 1 aliphatic rings. The standard InChI is InChI=1S/C20H29N7OS/c1-2-21-19(22-10-6-17-5-3-16-29-17)23-11-7-18(28)26-12-14-27(15-13-26)20-24-8-4-9-25-20/h3-5,8-9,16H,2,6-7,10-15H2,1H3,(H2,21,22,23). The molecule has 1 amide bonds. The summed E-state index contributed by atoms with van der Waals surface area (Å²) in [5.41, 5.74) is 0. The van der Waals surface area contributed by atoms with Crippen LogP contribution in [0.2, 0.25) is 0 Å². The summed E-state index contributed by atoms with van der Waals surface area (Å²) in [5.74, 6) is 1.67. The van der Waals surface area contributed by atoms with Crippen LogP contribution < -0.4 is 15.5 Å². The number of guanidine groups is 1. The van der Waals surface area contributed by atoms with Crippen molar-refractivity contribution in [1.82, 2.24) is 25.5 Å². The molecule has 0 radical (unpaired) electrons. The molecule has 2 aromatic rings. The van der Waals surface area contributed by atoms with Gasteiger partial charge in [-0.2, -0.15) is 0 Å². The van der Waals surface area contributed by atoms with Crippen molar-refractivity contribution in [2.24, 2.45) is 4.99 Å². The molecule has 0 aromatic carbocycles. The molecule has 29 heavy (non-hydrogen) atoms. The third-order valence-corrected chi connectivity index (χ3v) is 5.59. The molecule has 0 atom stereocenters. The van der Waals surface area contributed by atoms with Gasteiger partial charge >= 0.3 is 0 Å². The van der Waals surface area contributed by atoms with Gasteiger partial charge in [-0.05, 0) is 24.4 Å². The van der Waals surface area contributed by atoms with E-state index in [1.54, 1.807) is 23.7 Å². The highest BCUT2D eigenvalue weighted by Gasteiger charge is 2.22. The van der Waals surface area contributed by atoms with Gasteiger partial charge in [0, 0.05) is 75.9 Å². The zero-order chi connectivity index (χ0) is 20.3. The minimum absolute atomic E-state index is 0.167. The van der Waals surface area contributed by atoms with Crippen molar-refractivity contribution < 1.29 is 4.79 Å². The van der Waals surface area contributed by atoms with Crippen molar-refractivity contribution >= 4 is 29.2 Å². The van der Waals surface area contributed by atoms with E-state index >= 15 is 0 Å². The Morgan fingerprint density at radius 3 is 2.66 bits per heavy atom. The molecule has 0 saturated carbocycles. The first kappa shape index (κ1) is 21.0. The fourth-order valence-corrected chi connectivity index (χ4v) is 3.83. The van der Waals surface area contributed by atoms with Crippen molar-refractivity contribution in [1.29, 1.82) is 0 Å². The second-order valence-corrected chi connectivity index (χ2v) is 7.72. The normalized spacial score (nSPS) is 14.7. The summed E-state index contributed by atoms with van der Waals surface area (Å²) in [6.07, 6.45) is 4.88. The molecular weight excluding hydrogens is 386 g/mol. The summed E-state index contributed by atoms with van der Waals surface area (Å²) in [7, 11) is 0. The first-order chi connectivity index (χ1) is 14.3. The van der Waals surface area contributed by atoms with Gasteiger partial charge in [0.1, 0.15) is 0 Å². The van der Waals surface area contributed by atoms with Crippen molar-refractivity contribution in [2.75, 3.05) is 50.7 Å². The van der Waals surface area contributed by atoms with E-state index in [2.05, 4.69) is 48.0 Å². The lowest BCUT2D eigenvalue weighted by molar-refractivity contribution is -0.131. The molecule has 3 heterocycles.